The molecule has 7 heteroatoms. The number of carbonyl (C=O) groups is 1. The molecular formula is C20H19F4NO2. The minimum absolute atomic E-state index is 0.342. The number of pyridine rings is 1. The number of nitrogens with zero attached hydrogens (tertiary/aromatic N) is 1. The summed E-state index contributed by atoms with van der Waals surface area (Å²) in [5.74, 6) is -0.954. The molecule has 0 aliphatic heterocycles. The first-order valence-electron chi connectivity index (χ1n) is 8.23. The van der Waals surface area contributed by atoms with Crippen molar-refractivity contribution >= 4 is 11.5 Å². The molecule has 1 aromatic rings. The summed E-state index contributed by atoms with van der Waals surface area (Å²) in [6, 6.07) is 2.43. The van der Waals surface area contributed by atoms with Crippen LogP contribution in [0.3, 0.4) is 0 Å². The van der Waals surface area contributed by atoms with E-state index in [0.29, 0.717) is 24.0 Å². The summed E-state index contributed by atoms with van der Waals surface area (Å²) in [6.07, 6.45) is 5.94. The van der Waals surface area contributed by atoms with E-state index >= 15 is 0 Å². The number of allylic oxidation sites excluding steroid dienone is 6. The summed E-state index contributed by atoms with van der Waals surface area (Å²) < 4.78 is 56.6. The van der Waals surface area contributed by atoms with Gasteiger partial charge in [-0.05, 0) is 49.1 Å². The summed E-state index contributed by atoms with van der Waals surface area (Å²) in [7, 11) is 1.24. The topological polar surface area (TPSA) is 39.2 Å². The van der Waals surface area contributed by atoms with Crippen molar-refractivity contribution in [1.82, 2.24) is 4.98 Å². The molecule has 0 bridgehead atoms. The minimum atomic E-state index is -4.55. The van der Waals surface area contributed by atoms with Crippen molar-refractivity contribution in [2.24, 2.45) is 5.41 Å². The van der Waals surface area contributed by atoms with Crippen LogP contribution in [-0.2, 0) is 15.7 Å². The molecule has 0 N–H and O–H groups in total. The minimum Gasteiger partial charge on any atom is -0.468 e. The van der Waals surface area contributed by atoms with Gasteiger partial charge in [0.2, 0.25) is 0 Å². The Bertz CT molecular complexity index is 822. The zero-order chi connectivity index (χ0) is 20.1. The highest BCUT2D eigenvalue weighted by atomic mass is 19.4. The summed E-state index contributed by atoms with van der Waals surface area (Å²) in [5, 5.41) is 0. The molecular weight excluding hydrogens is 362 g/mol. The maximum Gasteiger partial charge on any atom is 0.433 e. The van der Waals surface area contributed by atoms with Crippen LogP contribution in [0.1, 0.15) is 31.0 Å². The molecule has 1 atom stereocenters. The van der Waals surface area contributed by atoms with Crippen LogP contribution in [0.4, 0.5) is 17.6 Å². The third-order valence-electron chi connectivity index (χ3n) is 4.26. The van der Waals surface area contributed by atoms with Crippen LogP contribution in [0.15, 0.2) is 60.6 Å². The zero-order valence-corrected chi connectivity index (χ0v) is 14.9. The van der Waals surface area contributed by atoms with Crippen LogP contribution < -0.4 is 0 Å². The summed E-state index contributed by atoms with van der Waals surface area (Å²) >= 11 is 0. The first kappa shape index (κ1) is 20.6. The molecule has 0 spiro atoms. The molecule has 0 saturated carbocycles. The fourth-order valence-electron chi connectivity index (χ4n) is 2.83. The average Bonchev–Trinajstić information content (AvgIpc) is 3.09. The Balaban J connectivity index is 2.37. The van der Waals surface area contributed by atoms with Crippen LogP contribution in [0, 0.1) is 5.41 Å². The van der Waals surface area contributed by atoms with Crippen LogP contribution in [-0.4, -0.2) is 18.1 Å². The van der Waals surface area contributed by atoms with Crippen molar-refractivity contribution < 1.29 is 27.1 Å². The maximum absolute atomic E-state index is 13.1. The molecule has 3 nitrogen and oxygen atoms in total. The summed E-state index contributed by atoms with van der Waals surface area (Å²) in [4.78, 5) is 15.7. The van der Waals surface area contributed by atoms with Gasteiger partial charge in [0.05, 0.1) is 7.11 Å². The lowest BCUT2D eigenvalue weighted by Crippen LogP contribution is -2.26. The third kappa shape index (κ3) is 4.93. The van der Waals surface area contributed by atoms with Gasteiger partial charge in [-0.2, -0.15) is 13.2 Å². The molecule has 0 saturated heterocycles. The van der Waals surface area contributed by atoms with Crippen LogP contribution in [0.5, 0.6) is 0 Å². The van der Waals surface area contributed by atoms with Crippen LogP contribution in [0.2, 0.25) is 0 Å². The molecule has 1 aromatic heterocycles. The van der Waals surface area contributed by atoms with E-state index in [-0.39, 0.29) is 0 Å². The number of alkyl halides is 3. The van der Waals surface area contributed by atoms with Crippen LogP contribution >= 0.6 is 0 Å². The number of aromatic nitrogens is 1. The lowest BCUT2D eigenvalue weighted by Gasteiger charge is -2.19. The van der Waals surface area contributed by atoms with Crippen molar-refractivity contribution in [1.29, 1.82) is 0 Å². The van der Waals surface area contributed by atoms with Gasteiger partial charge in [0.15, 0.2) is 0 Å². The Morgan fingerprint density at radius 3 is 2.70 bits per heavy atom. The molecule has 0 amide bonds. The number of methoxy groups -OCH3 is 1. The van der Waals surface area contributed by atoms with Gasteiger partial charge in [-0.25, -0.2) is 4.39 Å². The highest BCUT2D eigenvalue weighted by Crippen LogP contribution is 2.43. The molecule has 1 heterocycles. The van der Waals surface area contributed by atoms with Gasteiger partial charge < -0.3 is 4.74 Å². The fraction of sp³-hybridized carbons (Fsp3) is 0.300. The van der Waals surface area contributed by atoms with Gasteiger partial charge in [0.1, 0.15) is 16.9 Å². The van der Waals surface area contributed by atoms with E-state index in [4.69, 9.17) is 4.74 Å². The molecule has 0 radical (unpaired) electrons. The molecule has 1 aliphatic rings. The number of carbonyl (C=O) groups excluding carboxylic acids is 1. The van der Waals surface area contributed by atoms with Crippen molar-refractivity contribution in [2.45, 2.75) is 25.9 Å². The SMILES string of the molecule is CC=C(F)C=CC=CC1(C(=O)OC)C=C(c2ccnc(C(F)(F)F)c2)CC1. The van der Waals surface area contributed by atoms with Crippen molar-refractivity contribution in [3.8, 4) is 0 Å². The van der Waals surface area contributed by atoms with Gasteiger partial charge in [-0.15, -0.1) is 0 Å². The lowest BCUT2D eigenvalue weighted by atomic mass is 9.87. The molecule has 1 aliphatic carbocycles. The second-order valence-corrected chi connectivity index (χ2v) is 6.02. The van der Waals surface area contributed by atoms with E-state index in [1.165, 1.54) is 37.5 Å². The number of hydrogen-bond donors (Lipinski definition) is 0. The Morgan fingerprint density at radius 2 is 2.07 bits per heavy atom. The van der Waals surface area contributed by atoms with Crippen molar-refractivity contribution in [2.75, 3.05) is 7.11 Å². The summed E-state index contributed by atoms with van der Waals surface area (Å²) in [5.41, 5.74) is -1.15. The van der Waals surface area contributed by atoms with Crippen molar-refractivity contribution in [3.05, 3.63) is 71.9 Å². The molecule has 2 rings (SSSR count). The molecule has 0 fully saturated rings. The molecule has 144 valence electrons. The molecule has 0 aromatic carbocycles. The van der Waals surface area contributed by atoms with Gasteiger partial charge in [0, 0.05) is 6.20 Å². The van der Waals surface area contributed by atoms with E-state index < -0.39 is 29.1 Å². The fourth-order valence-corrected chi connectivity index (χ4v) is 2.83. The predicted molar refractivity (Wildman–Crippen MR) is 94.0 cm³/mol. The first-order valence-corrected chi connectivity index (χ1v) is 8.23. The quantitative estimate of drug-likeness (QED) is 0.388. The second kappa shape index (κ2) is 8.33. The van der Waals surface area contributed by atoms with Gasteiger partial charge in [-0.1, -0.05) is 30.4 Å². The van der Waals surface area contributed by atoms with Gasteiger partial charge >= 0.3 is 12.1 Å². The maximum atomic E-state index is 13.1. The van der Waals surface area contributed by atoms with E-state index in [1.807, 2.05) is 0 Å². The summed E-state index contributed by atoms with van der Waals surface area (Å²) in [6.45, 7) is 1.55. The number of rotatable bonds is 5. The predicted octanol–water partition coefficient (Wildman–Crippen LogP) is 5.42. The Hall–Kier alpha value is -2.70. The number of ether oxygens (including phenoxy) is 1. The average molecular weight is 381 g/mol. The number of halogens is 4. The highest BCUT2D eigenvalue weighted by Gasteiger charge is 2.40. The van der Waals surface area contributed by atoms with Gasteiger partial charge in [-0.3, -0.25) is 9.78 Å². The lowest BCUT2D eigenvalue weighted by molar-refractivity contribution is -0.147. The Kier molecular flexibility index (Phi) is 6.36. The highest BCUT2D eigenvalue weighted by molar-refractivity contribution is 5.87. The normalized spacial score (nSPS) is 21.1. The van der Waals surface area contributed by atoms with Gasteiger partial charge in [0.25, 0.3) is 0 Å². The monoisotopic (exact) mass is 381 g/mol. The van der Waals surface area contributed by atoms with E-state index in [0.717, 1.165) is 12.3 Å². The second-order valence-electron chi connectivity index (χ2n) is 6.02. The number of esters is 1. The van der Waals surface area contributed by atoms with E-state index in [9.17, 15) is 22.4 Å². The smallest absolute Gasteiger partial charge is 0.433 e. The van der Waals surface area contributed by atoms with E-state index in [1.54, 1.807) is 19.1 Å². The zero-order valence-electron chi connectivity index (χ0n) is 14.9. The molecule has 27 heavy (non-hydrogen) atoms. The molecule has 1 unspecified atom stereocenters. The Morgan fingerprint density at radius 1 is 1.33 bits per heavy atom. The first-order chi connectivity index (χ1) is 12.7. The Labute approximate surface area is 154 Å². The largest absolute Gasteiger partial charge is 0.468 e. The number of hydrogen-bond acceptors (Lipinski definition) is 3. The van der Waals surface area contributed by atoms with Crippen molar-refractivity contribution in [3.63, 3.8) is 0 Å². The third-order valence-corrected chi connectivity index (χ3v) is 4.26. The standard InChI is InChI=1S/C20H19F4NO2/c1-3-16(21)6-4-5-9-19(18(26)27-2)10-7-15(13-19)14-8-11-25-17(12-14)20(22,23)24/h3-6,8-9,11-13H,7,10H2,1-2H3. The van der Waals surface area contributed by atoms with Crippen LogP contribution in [0.25, 0.3) is 5.57 Å². The van der Waals surface area contributed by atoms with E-state index in [2.05, 4.69) is 4.98 Å².